The molecule has 37 heavy (non-hydrogen) atoms. The van der Waals surface area contributed by atoms with Gasteiger partial charge in [-0.05, 0) is 113 Å². The molecule has 0 bridgehead atoms. The van der Waals surface area contributed by atoms with Crippen molar-refractivity contribution in [1.29, 1.82) is 0 Å². The first-order chi connectivity index (χ1) is 16.8. The predicted octanol–water partition coefficient (Wildman–Crippen LogP) is -5.12. The zero-order valence-electron chi connectivity index (χ0n) is 20.3. The summed E-state index contributed by atoms with van der Waals surface area (Å²) in [4.78, 5) is 62.1. The van der Waals surface area contributed by atoms with Gasteiger partial charge in [-0.1, -0.05) is 0 Å². The molecule has 3 fully saturated rings. The largest absolute Gasteiger partial charge is 0.550 e. The smallest absolute Gasteiger partial charge is 0.0445 e. The summed E-state index contributed by atoms with van der Waals surface area (Å²) >= 11 is 0. The van der Waals surface area contributed by atoms with Gasteiger partial charge in [0.2, 0.25) is 0 Å². The summed E-state index contributed by atoms with van der Waals surface area (Å²) in [5, 5.41) is 62.1. The average Bonchev–Trinajstić information content (AvgIpc) is 2.84. The second-order valence-corrected chi connectivity index (χ2v) is 9.56. The Kier molecular flexibility index (Phi) is 15.9. The molecule has 0 unspecified atom stereocenters. The minimum atomic E-state index is -1.06. The van der Waals surface area contributed by atoms with Crippen LogP contribution in [-0.2, 0) is 49.8 Å². The second-order valence-electron chi connectivity index (χ2n) is 9.56. The maximum absolute atomic E-state index is 10.4. The van der Waals surface area contributed by atoms with E-state index in [1.807, 2.05) is 0 Å². The normalized spacial score (nSPS) is 28.9. The van der Waals surface area contributed by atoms with Crippen molar-refractivity contribution in [2.24, 2.45) is 35.5 Å². The van der Waals surface area contributed by atoms with Gasteiger partial charge < -0.3 is 59.4 Å². The number of rotatable bonds is 6. The van der Waals surface area contributed by atoms with Gasteiger partial charge in [0.25, 0.3) is 0 Å². The Morgan fingerprint density at radius 1 is 0.297 bits per heavy atom. The van der Waals surface area contributed by atoms with Crippen LogP contribution in [0.3, 0.4) is 0 Å². The van der Waals surface area contributed by atoms with Crippen molar-refractivity contribution in [3.63, 3.8) is 0 Å². The van der Waals surface area contributed by atoms with Crippen LogP contribution in [0.15, 0.2) is 0 Å². The van der Waals surface area contributed by atoms with Gasteiger partial charge in [0, 0.05) is 56.9 Å². The molecular weight excluding hydrogens is 664 g/mol. The summed E-state index contributed by atoms with van der Waals surface area (Å²) in [5.74, 6) is -9.13. The molecule has 0 amide bonds. The molecule has 0 spiro atoms. The predicted molar refractivity (Wildman–Crippen MR) is 106 cm³/mol. The van der Waals surface area contributed by atoms with Gasteiger partial charge in [-0.25, -0.2) is 0 Å². The quantitative estimate of drug-likeness (QED) is 0.254. The van der Waals surface area contributed by atoms with Crippen LogP contribution >= 0.6 is 0 Å². The van der Waals surface area contributed by atoms with E-state index in [4.69, 9.17) is 0 Å². The fourth-order valence-electron chi connectivity index (χ4n) is 4.69. The summed E-state index contributed by atoms with van der Waals surface area (Å²) in [6, 6.07) is 0. The van der Waals surface area contributed by atoms with Crippen LogP contribution in [0.4, 0.5) is 0 Å². The van der Waals surface area contributed by atoms with Crippen molar-refractivity contribution in [3.05, 3.63) is 0 Å². The van der Waals surface area contributed by atoms with Gasteiger partial charge in [0.05, 0.1) is 0 Å². The maximum Gasteiger partial charge on any atom is 0.0445 e. The number of hydrogen-bond acceptors (Lipinski definition) is 12. The van der Waals surface area contributed by atoms with Crippen molar-refractivity contribution in [2.75, 3.05) is 0 Å². The Labute approximate surface area is 228 Å². The second kappa shape index (κ2) is 17.1. The van der Waals surface area contributed by atoms with Gasteiger partial charge >= 0.3 is 0 Å². The van der Waals surface area contributed by atoms with E-state index < -0.39 is 71.3 Å². The number of hydrogen-bond donors (Lipinski definition) is 0. The Morgan fingerprint density at radius 3 is 0.432 bits per heavy atom. The third-order valence-corrected chi connectivity index (χ3v) is 7.18. The van der Waals surface area contributed by atoms with E-state index in [1.165, 1.54) is 0 Å². The maximum atomic E-state index is 10.4. The van der Waals surface area contributed by atoms with Crippen LogP contribution in [0.25, 0.3) is 0 Å². The Balaban J connectivity index is 0.000000518. The molecule has 12 nitrogen and oxygen atoms in total. The van der Waals surface area contributed by atoms with Crippen molar-refractivity contribution in [2.45, 2.75) is 77.0 Å². The van der Waals surface area contributed by atoms with Crippen LogP contribution in [-0.4, -0.2) is 35.8 Å². The Hall–Kier alpha value is -2.49. The molecule has 3 rings (SSSR count). The van der Waals surface area contributed by atoms with Gasteiger partial charge in [-0.3, -0.25) is 0 Å². The topological polar surface area (TPSA) is 241 Å². The summed E-state index contributed by atoms with van der Waals surface area (Å²) in [7, 11) is 0. The third-order valence-electron chi connectivity index (χ3n) is 7.18. The summed E-state index contributed by atoms with van der Waals surface area (Å²) < 4.78 is 0. The molecule has 3 aliphatic rings. The fourth-order valence-corrected chi connectivity index (χ4v) is 4.69. The SMILES string of the molecule is O=C([O-])C1CCC(C(=O)[O-])CC1.O=C([O-])C1CCC(C(=O)[O-])CC1.O=C([O-])C1CCC(C(=O)[O-])CC1.[W]. The van der Waals surface area contributed by atoms with E-state index in [2.05, 4.69) is 0 Å². The van der Waals surface area contributed by atoms with Crippen LogP contribution in [0.1, 0.15) is 77.0 Å². The zero-order valence-corrected chi connectivity index (χ0v) is 23.2. The molecule has 210 valence electrons. The minimum absolute atomic E-state index is 0. The van der Waals surface area contributed by atoms with Crippen LogP contribution in [0.2, 0.25) is 0 Å². The van der Waals surface area contributed by atoms with Crippen molar-refractivity contribution in [3.8, 4) is 0 Å². The molecule has 0 N–H and O–H groups in total. The van der Waals surface area contributed by atoms with E-state index >= 15 is 0 Å². The molecule has 3 saturated carbocycles. The van der Waals surface area contributed by atoms with E-state index in [0.29, 0.717) is 77.0 Å². The molecule has 3 aliphatic carbocycles. The molecule has 0 aromatic heterocycles. The number of carbonyl (C=O) groups excluding carboxylic acids is 6. The fraction of sp³-hybridized carbons (Fsp3) is 0.750. The van der Waals surface area contributed by atoms with Gasteiger partial charge in [0.1, 0.15) is 0 Å². The summed E-state index contributed by atoms with van der Waals surface area (Å²) in [6.07, 6.45) is 4.85. The summed E-state index contributed by atoms with van der Waals surface area (Å²) in [6.45, 7) is 0. The van der Waals surface area contributed by atoms with Crippen LogP contribution in [0, 0.1) is 35.5 Å². The molecular formula is C24H30O12W-6. The number of carboxylic acid groups (broad SMARTS) is 6. The molecule has 0 radical (unpaired) electrons. The van der Waals surface area contributed by atoms with E-state index in [1.54, 1.807) is 0 Å². The van der Waals surface area contributed by atoms with E-state index in [0.717, 1.165) is 0 Å². The Morgan fingerprint density at radius 2 is 0.378 bits per heavy atom. The molecule has 13 heteroatoms. The zero-order chi connectivity index (χ0) is 27.4. The van der Waals surface area contributed by atoms with Gasteiger partial charge in [-0.15, -0.1) is 0 Å². The third kappa shape index (κ3) is 12.5. The monoisotopic (exact) mass is 694 g/mol. The van der Waals surface area contributed by atoms with Gasteiger partial charge in [0.15, 0.2) is 0 Å². The molecule has 0 aliphatic heterocycles. The number of carboxylic acids is 6. The average molecular weight is 694 g/mol. The van der Waals surface area contributed by atoms with Crippen molar-refractivity contribution >= 4 is 35.8 Å². The van der Waals surface area contributed by atoms with Crippen LogP contribution in [0.5, 0.6) is 0 Å². The number of aliphatic carboxylic acids is 6. The number of carbonyl (C=O) groups is 6. The van der Waals surface area contributed by atoms with Crippen molar-refractivity contribution < 1.29 is 80.5 Å². The molecule has 0 heterocycles. The molecule has 0 saturated heterocycles. The van der Waals surface area contributed by atoms with E-state index in [-0.39, 0.29) is 21.1 Å². The molecule has 0 aromatic rings. The first-order valence-electron chi connectivity index (χ1n) is 12.1. The van der Waals surface area contributed by atoms with Gasteiger partial charge in [-0.2, -0.15) is 0 Å². The minimum Gasteiger partial charge on any atom is -0.550 e. The Bertz CT molecular complexity index is 619. The molecule has 0 aromatic carbocycles. The van der Waals surface area contributed by atoms with Crippen molar-refractivity contribution in [1.82, 2.24) is 0 Å². The standard InChI is InChI=1S/3C8H12O4.W/c3*9-7(10)5-1-2-6(4-3-5)8(11)12;/h3*5-6H,1-4H2,(H,9,10)(H,11,12);/p-6. The molecule has 0 atom stereocenters. The first-order valence-corrected chi connectivity index (χ1v) is 12.1. The summed E-state index contributed by atoms with van der Waals surface area (Å²) in [5.41, 5.74) is 0. The van der Waals surface area contributed by atoms with Crippen LogP contribution < -0.4 is 30.6 Å². The van der Waals surface area contributed by atoms with E-state index in [9.17, 15) is 59.4 Å². The first kappa shape index (κ1) is 34.5.